The normalized spacial score (nSPS) is 10.6. The zero-order chi connectivity index (χ0) is 15.7. The molecule has 3 aromatic rings. The molecule has 1 radical (unpaired) electrons. The molecule has 0 saturated heterocycles. The number of carbonyl (C=O) groups excluding carboxylic acids is 1. The number of nitrogens with zero attached hydrogens (tertiary/aromatic N) is 3. The Labute approximate surface area is 126 Å². The molecule has 1 aromatic carbocycles. The fourth-order valence-corrected chi connectivity index (χ4v) is 2.26. The molecule has 0 saturated carbocycles. The van der Waals surface area contributed by atoms with Gasteiger partial charge < -0.3 is 15.2 Å². The number of fused-ring (bicyclic) bond motifs is 1. The molecule has 0 atom stereocenters. The van der Waals surface area contributed by atoms with Crippen LogP contribution in [0.1, 0.15) is 10.4 Å². The molecule has 0 aliphatic rings. The van der Waals surface area contributed by atoms with Gasteiger partial charge in [0.25, 0.3) is 5.91 Å². The molecule has 0 unspecified atom stereocenters. The van der Waals surface area contributed by atoms with Crippen molar-refractivity contribution in [1.29, 1.82) is 0 Å². The van der Waals surface area contributed by atoms with Crippen molar-refractivity contribution in [2.24, 2.45) is 5.73 Å². The van der Waals surface area contributed by atoms with E-state index in [1.165, 1.54) is 7.11 Å². The Hall–Kier alpha value is -3.09. The molecule has 7 heteroatoms. The lowest BCUT2D eigenvalue weighted by Gasteiger charge is -2.11. The maximum absolute atomic E-state index is 11.7. The average molecular weight is 297 g/mol. The van der Waals surface area contributed by atoms with Crippen molar-refractivity contribution in [3.8, 4) is 22.8 Å². The van der Waals surface area contributed by atoms with Crippen LogP contribution in [0, 0.1) is 6.33 Å². The summed E-state index contributed by atoms with van der Waals surface area (Å²) < 4.78 is 11.9. The second-order valence-electron chi connectivity index (χ2n) is 4.52. The van der Waals surface area contributed by atoms with Crippen LogP contribution in [0.2, 0.25) is 0 Å². The summed E-state index contributed by atoms with van der Waals surface area (Å²) in [6.07, 6.45) is 2.52. The van der Waals surface area contributed by atoms with Gasteiger partial charge in [-0.05, 0) is 30.3 Å². The Kier molecular flexibility index (Phi) is 3.38. The van der Waals surface area contributed by atoms with Crippen LogP contribution in [-0.4, -0.2) is 34.7 Å². The predicted molar refractivity (Wildman–Crippen MR) is 78.9 cm³/mol. The molecule has 22 heavy (non-hydrogen) atoms. The Bertz CT molecular complexity index is 840. The number of aromatic nitrogens is 3. The molecule has 2 aromatic heterocycles. The van der Waals surface area contributed by atoms with Crippen LogP contribution in [0.15, 0.2) is 30.3 Å². The summed E-state index contributed by atoms with van der Waals surface area (Å²) in [7, 11) is 3.04. The van der Waals surface area contributed by atoms with Gasteiger partial charge in [-0.25, -0.2) is 9.50 Å². The summed E-state index contributed by atoms with van der Waals surface area (Å²) in [5.74, 6) is 0.407. The van der Waals surface area contributed by atoms with E-state index < -0.39 is 5.91 Å². The second-order valence-corrected chi connectivity index (χ2v) is 4.52. The molecule has 111 valence electrons. The van der Waals surface area contributed by atoms with Gasteiger partial charge in [0.2, 0.25) is 6.33 Å². The van der Waals surface area contributed by atoms with Crippen molar-refractivity contribution >= 4 is 11.6 Å². The third-order valence-corrected chi connectivity index (χ3v) is 3.31. The Morgan fingerprint density at radius 3 is 2.55 bits per heavy atom. The number of hydrogen-bond donors (Lipinski definition) is 1. The van der Waals surface area contributed by atoms with Crippen LogP contribution in [0.4, 0.5) is 0 Å². The van der Waals surface area contributed by atoms with Gasteiger partial charge in [-0.2, -0.15) is 0 Å². The summed E-state index contributed by atoms with van der Waals surface area (Å²) in [6, 6.07) is 8.96. The van der Waals surface area contributed by atoms with E-state index >= 15 is 0 Å². The van der Waals surface area contributed by atoms with Gasteiger partial charge in [0.05, 0.1) is 25.5 Å². The molecule has 0 fully saturated rings. The van der Waals surface area contributed by atoms with E-state index in [0.717, 1.165) is 11.3 Å². The SMILES string of the molecule is COc1ccc(-c2cc(C(N)=O)c(OC)c3n[c]nn23)cc1. The minimum absolute atomic E-state index is 0.238. The van der Waals surface area contributed by atoms with E-state index in [1.54, 1.807) is 17.7 Å². The number of primary amides is 1. The van der Waals surface area contributed by atoms with Crippen molar-refractivity contribution < 1.29 is 14.3 Å². The summed E-state index contributed by atoms with van der Waals surface area (Å²) in [5, 5.41) is 4.06. The number of nitrogens with two attached hydrogens (primary N) is 1. The first-order valence-electron chi connectivity index (χ1n) is 6.43. The molecule has 0 bridgehead atoms. The topological polar surface area (TPSA) is 91.7 Å². The number of carbonyl (C=O) groups is 1. The number of hydrogen-bond acceptors (Lipinski definition) is 5. The first kappa shape index (κ1) is 13.9. The lowest BCUT2D eigenvalue weighted by Crippen LogP contribution is -2.14. The van der Waals surface area contributed by atoms with Gasteiger partial charge in [0.1, 0.15) is 5.75 Å². The highest BCUT2D eigenvalue weighted by Gasteiger charge is 2.19. The zero-order valence-electron chi connectivity index (χ0n) is 12.0. The summed E-state index contributed by atoms with van der Waals surface area (Å²) in [5.41, 5.74) is 7.54. The van der Waals surface area contributed by atoms with Gasteiger partial charge in [-0.1, -0.05) is 0 Å². The van der Waals surface area contributed by atoms with Crippen molar-refractivity contribution in [3.05, 3.63) is 42.2 Å². The number of methoxy groups -OCH3 is 2. The van der Waals surface area contributed by atoms with E-state index in [2.05, 4.69) is 16.4 Å². The fraction of sp³-hybridized carbons (Fsp3) is 0.133. The monoisotopic (exact) mass is 297 g/mol. The molecule has 0 aliphatic heterocycles. The molecule has 3 rings (SSSR count). The quantitative estimate of drug-likeness (QED) is 0.784. The standard InChI is InChI=1S/C15H13N4O3/c1-21-10-5-3-9(4-6-10)12-7-11(14(16)20)13(22-2)15-17-8-18-19(12)15/h3-7H,1-2H3,(H2,16,20). The van der Waals surface area contributed by atoms with E-state index in [0.29, 0.717) is 11.3 Å². The van der Waals surface area contributed by atoms with Crippen molar-refractivity contribution in [2.45, 2.75) is 0 Å². The number of ether oxygens (including phenoxy) is 2. The van der Waals surface area contributed by atoms with Gasteiger partial charge in [0.15, 0.2) is 11.4 Å². The molecular formula is C15H13N4O3. The molecule has 0 aliphatic carbocycles. The lowest BCUT2D eigenvalue weighted by molar-refractivity contribution is 0.0997. The third-order valence-electron chi connectivity index (χ3n) is 3.31. The van der Waals surface area contributed by atoms with Crippen molar-refractivity contribution in [3.63, 3.8) is 0 Å². The molecule has 2 heterocycles. The van der Waals surface area contributed by atoms with Crippen molar-refractivity contribution in [1.82, 2.24) is 14.6 Å². The Morgan fingerprint density at radius 2 is 1.95 bits per heavy atom. The molecule has 1 amide bonds. The van der Waals surface area contributed by atoms with Crippen LogP contribution in [-0.2, 0) is 0 Å². The van der Waals surface area contributed by atoms with Crippen LogP contribution < -0.4 is 15.2 Å². The predicted octanol–water partition coefficient (Wildman–Crippen LogP) is 1.31. The number of rotatable bonds is 4. The number of benzene rings is 1. The Morgan fingerprint density at radius 1 is 1.23 bits per heavy atom. The smallest absolute Gasteiger partial charge is 0.252 e. The minimum atomic E-state index is -0.600. The van der Waals surface area contributed by atoms with Gasteiger partial charge in [0, 0.05) is 5.56 Å². The zero-order valence-corrected chi connectivity index (χ0v) is 12.0. The molecular weight excluding hydrogens is 284 g/mol. The first-order chi connectivity index (χ1) is 10.7. The van der Waals surface area contributed by atoms with Gasteiger partial charge in [-0.15, -0.1) is 5.10 Å². The summed E-state index contributed by atoms with van der Waals surface area (Å²) >= 11 is 0. The third kappa shape index (κ3) is 2.12. The average Bonchev–Trinajstić information content (AvgIpc) is 3.02. The van der Waals surface area contributed by atoms with Crippen LogP contribution in [0.3, 0.4) is 0 Å². The van der Waals surface area contributed by atoms with E-state index in [9.17, 15) is 4.79 Å². The van der Waals surface area contributed by atoms with Crippen molar-refractivity contribution in [2.75, 3.05) is 14.2 Å². The Balaban J connectivity index is 2.28. The van der Waals surface area contributed by atoms with Gasteiger partial charge >= 0.3 is 0 Å². The minimum Gasteiger partial charge on any atom is -0.497 e. The maximum Gasteiger partial charge on any atom is 0.252 e. The second kappa shape index (κ2) is 5.36. The first-order valence-corrected chi connectivity index (χ1v) is 6.43. The van der Waals surface area contributed by atoms with E-state index in [-0.39, 0.29) is 11.3 Å². The highest BCUT2D eigenvalue weighted by molar-refractivity contribution is 5.99. The fourth-order valence-electron chi connectivity index (χ4n) is 2.26. The highest BCUT2D eigenvalue weighted by atomic mass is 16.5. The number of pyridine rings is 1. The van der Waals surface area contributed by atoms with Crippen LogP contribution in [0.25, 0.3) is 16.9 Å². The number of amides is 1. The van der Waals surface area contributed by atoms with E-state index in [4.69, 9.17) is 15.2 Å². The summed E-state index contributed by atoms with van der Waals surface area (Å²) in [6.45, 7) is 0. The van der Waals surface area contributed by atoms with Gasteiger partial charge in [-0.3, -0.25) is 4.79 Å². The van der Waals surface area contributed by atoms with Crippen LogP contribution >= 0.6 is 0 Å². The van der Waals surface area contributed by atoms with E-state index in [1.807, 2.05) is 24.3 Å². The lowest BCUT2D eigenvalue weighted by atomic mass is 10.1. The highest BCUT2D eigenvalue weighted by Crippen LogP contribution is 2.30. The largest absolute Gasteiger partial charge is 0.497 e. The molecule has 7 nitrogen and oxygen atoms in total. The maximum atomic E-state index is 11.7. The van der Waals surface area contributed by atoms with Crippen LogP contribution in [0.5, 0.6) is 11.5 Å². The summed E-state index contributed by atoms with van der Waals surface area (Å²) in [4.78, 5) is 15.7. The molecule has 0 spiro atoms. The molecule has 2 N–H and O–H groups in total.